The van der Waals surface area contributed by atoms with Gasteiger partial charge in [0.15, 0.2) is 0 Å². The largest absolute Gasteiger partial charge is 0.465 e. The minimum Gasteiger partial charge on any atom is -0.465 e. The molecule has 1 amide bonds. The number of benzene rings is 3. The predicted octanol–water partition coefficient (Wildman–Crippen LogP) is 5.01. The molecule has 1 N–H and O–H groups in total. The van der Waals surface area contributed by atoms with Crippen molar-refractivity contribution < 1.29 is 19.1 Å². The van der Waals surface area contributed by atoms with Gasteiger partial charge in [-0.25, -0.2) is 9.59 Å². The number of nitrogens with zero attached hydrogens (tertiary/aromatic N) is 2. The first-order valence-electron chi connectivity index (χ1n) is 12.0. The lowest BCUT2D eigenvalue weighted by atomic mass is 9.96. The number of piperidine rings is 1. The summed E-state index contributed by atoms with van der Waals surface area (Å²) in [6.45, 7) is 2.72. The Labute approximate surface area is 211 Å². The molecule has 7 heteroatoms. The summed E-state index contributed by atoms with van der Waals surface area (Å²) in [5, 5.41) is 12.7. The molecule has 3 aromatic rings. The minimum absolute atomic E-state index is 0.305. The van der Waals surface area contributed by atoms with Crippen molar-refractivity contribution in [2.24, 2.45) is 5.92 Å². The van der Waals surface area contributed by atoms with E-state index in [1.165, 1.54) is 7.11 Å². The van der Waals surface area contributed by atoms with Gasteiger partial charge in [-0.1, -0.05) is 30.3 Å². The van der Waals surface area contributed by atoms with E-state index < -0.39 is 5.97 Å². The third-order valence-electron chi connectivity index (χ3n) is 6.32. The zero-order valence-electron chi connectivity index (χ0n) is 20.3. The van der Waals surface area contributed by atoms with E-state index in [9.17, 15) is 14.9 Å². The fourth-order valence-electron chi connectivity index (χ4n) is 4.36. The molecule has 1 aliphatic heterocycles. The van der Waals surface area contributed by atoms with Gasteiger partial charge in [0.05, 0.1) is 24.3 Å². The lowest BCUT2D eigenvalue weighted by molar-refractivity contribution is 0.0600. The summed E-state index contributed by atoms with van der Waals surface area (Å²) < 4.78 is 10.4. The van der Waals surface area contributed by atoms with Crippen LogP contribution in [0.5, 0.6) is 5.75 Å². The van der Waals surface area contributed by atoms with Gasteiger partial charge in [-0.05, 0) is 84.5 Å². The number of amides is 1. The van der Waals surface area contributed by atoms with Crippen LogP contribution in [0.15, 0.2) is 72.8 Å². The van der Waals surface area contributed by atoms with Gasteiger partial charge in [0.1, 0.15) is 5.75 Å². The highest BCUT2D eigenvalue weighted by Gasteiger charge is 2.24. The molecule has 7 nitrogen and oxygen atoms in total. The standard InChI is InChI=1S/C29H29N3O4/c1-35-28(33)26-16-23(15-25(17-26)24-7-5-6-22(14-24)18-30)20-31-19-21-10-12-32(13-11-21)29(34)36-27-8-3-2-4-9-27/h2-9,14-17,21,31H,10-13,19-20H2,1H3. The topological polar surface area (TPSA) is 91.7 Å². The normalized spacial score (nSPS) is 13.6. The number of hydrogen-bond donors (Lipinski definition) is 1. The van der Waals surface area contributed by atoms with Crippen LogP contribution in [-0.4, -0.2) is 43.7 Å². The SMILES string of the molecule is COC(=O)c1cc(CNCC2CCN(C(=O)Oc3ccccc3)CC2)cc(-c2cccc(C#N)c2)c1. The zero-order valence-corrected chi connectivity index (χ0v) is 20.3. The molecule has 4 rings (SSSR count). The van der Waals surface area contributed by atoms with Crippen LogP contribution >= 0.6 is 0 Å². The average molecular weight is 484 g/mol. The van der Waals surface area contributed by atoms with Crippen LogP contribution in [0.25, 0.3) is 11.1 Å². The molecule has 184 valence electrons. The summed E-state index contributed by atoms with van der Waals surface area (Å²) >= 11 is 0. The molecule has 0 bridgehead atoms. The Balaban J connectivity index is 1.33. The maximum atomic E-state index is 12.4. The Morgan fingerprint density at radius 1 is 1.00 bits per heavy atom. The van der Waals surface area contributed by atoms with Crippen LogP contribution in [0.3, 0.4) is 0 Å². The molecule has 1 fully saturated rings. The van der Waals surface area contributed by atoms with Gasteiger partial charge in [-0.3, -0.25) is 0 Å². The van der Waals surface area contributed by atoms with Gasteiger partial charge in [0.2, 0.25) is 0 Å². The minimum atomic E-state index is -0.399. The maximum absolute atomic E-state index is 12.4. The summed E-state index contributed by atoms with van der Waals surface area (Å²) in [7, 11) is 1.37. The number of hydrogen-bond acceptors (Lipinski definition) is 6. The number of ether oxygens (including phenoxy) is 2. The third-order valence-corrected chi connectivity index (χ3v) is 6.32. The fourth-order valence-corrected chi connectivity index (χ4v) is 4.36. The Morgan fingerprint density at radius 3 is 2.50 bits per heavy atom. The monoisotopic (exact) mass is 483 g/mol. The molecule has 36 heavy (non-hydrogen) atoms. The first kappa shape index (κ1) is 25.0. The lowest BCUT2D eigenvalue weighted by Gasteiger charge is -2.31. The molecule has 1 aliphatic rings. The molecule has 0 unspecified atom stereocenters. The van der Waals surface area contributed by atoms with E-state index in [4.69, 9.17) is 9.47 Å². The Kier molecular flexibility index (Phi) is 8.32. The molecule has 0 radical (unpaired) electrons. The second-order valence-corrected chi connectivity index (χ2v) is 8.85. The first-order valence-corrected chi connectivity index (χ1v) is 12.0. The number of carbonyl (C=O) groups excluding carboxylic acids is 2. The zero-order chi connectivity index (χ0) is 25.3. The van der Waals surface area contributed by atoms with Crippen molar-refractivity contribution in [2.45, 2.75) is 19.4 Å². The quantitative estimate of drug-likeness (QED) is 0.475. The number of para-hydroxylation sites is 1. The highest BCUT2D eigenvalue weighted by Crippen LogP contribution is 2.25. The summed E-state index contributed by atoms with van der Waals surface area (Å²) in [4.78, 5) is 26.4. The van der Waals surface area contributed by atoms with E-state index in [1.807, 2.05) is 48.5 Å². The summed E-state index contributed by atoms with van der Waals surface area (Å²) in [6.07, 6.45) is 1.48. The Bertz CT molecular complexity index is 1240. The lowest BCUT2D eigenvalue weighted by Crippen LogP contribution is -2.42. The van der Waals surface area contributed by atoms with E-state index in [2.05, 4.69) is 11.4 Å². The van der Waals surface area contributed by atoms with Crippen molar-refractivity contribution >= 4 is 12.1 Å². The second-order valence-electron chi connectivity index (χ2n) is 8.85. The molecule has 1 heterocycles. The molecule has 0 spiro atoms. The number of carbonyl (C=O) groups is 2. The van der Waals surface area contributed by atoms with Crippen LogP contribution in [0.1, 0.15) is 34.3 Å². The highest BCUT2D eigenvalue weighted by molar-refractivity contribution is 5.91. The smallest absolute Gasteiger partial charge is 0.415 e. The average Bonchev–Trinajstić information content (AvgIpc) is 2.93. The van der Waals surface area contributed by atoms with Crippen molar-refractivity contribution in [3.05, 3.63) is 89.5 Å². The van der Waals surface area contributed by atoms with E-state index in [0.29, 0.717) is 42.4 Å². The van der Waals surface area contributed by atoms with Gasteiger partial charge in [0, 0.05) is 19.6 Å². The van der Waals surface area contributed by atoms with Gasteiger partial charge in [0.25, 0.3) is 0 Å². The number of nitriles is 1. The van der Waals surface area contributed by atoms with Gasteiger partial charge < -0.3 is 19.7 Å². The molecule has 3 aromatic carbocycles. The van der Waals surface area contributed by atoms with E-state index >= 15 is 0 Å². The molecule has 0 aliphatic carbocycles. The number of methoxy groups -OCH3 is 1. The first-order chi connectivity index (χ1) is 17.6. The predicted molar refractivity (Wildman–Crippen MR) is 136 cm³/mol. The van der Waals surface area contributed by atoms with Crippen LogP contribution in [0.2, 0.25) is 0 Å². The Morgan fingerprint density at radius 2 is 1.78 bits per heavy atom. The summed E-state index contributed by atoms with van der Waals surface area (Å²) in [5.74, 6) is 0.602. The summed E-state index contributed by atoms with van der Waals surface area (Å²) in [5.41, 5.74) is 3.72. The molecule has 1 saturated heterocycles. The van der Waals surface area contributed by atoms with E-state index in [-0.39, 0.29) is 6.09 Å². The van der Waals surface area contributed by atoms with Crippen LogP contribution < -0.4 is 10.1 Å². The number of esters is 1. The number of rotatable bonds is 7. The molecule has 0 aromatic heterocycles. The molecule has 0 saturated carbocycles. The van der Waals surface area contributed by atoms with Crippen molar-refractivity contribution in [1.29, 1.82) is 5.26 Å². The van der Waals surface area contributed by atoms with Crippen LogP contribution in [-0.2, 0) is 11.3 Å². The maximum Gasteiger partial charge on any atom is 0.415 e. The molecular weight excluding hydrogens is 454 g/mol. The Hall–Kier alpha value is -4.15. The van der Waals surface area contributed by atoms with Gasteiger partial charge in [-0.2, -0.15) is 5.26 Å². The summed E-state index contributed by atoms with van der Waals surface area (Å²) in [6, 6.07) is 24.2. The van der Waals surface area contributed by atoms with Gasteiger partial charge >= 0.3 is 12.1 Å². The van der Waals surface area contributed by atoms with Crippen molar-refractivity contribution in [1.82, 2.24) is 10.2 Å². The van der Waals surface area contributed by atoms with Crippen LogP contribution in [0.4, 0.5) is 4.79 Å². The molecular formula is C29H29N3O4. The third kappa shape index (κ3) is 6.49. The highest BCUT2D eigenvalue weighted by atomic mass is 16.6. The molecule has 0 atom stereocenters. The van der Waals surface area contributed by atoms with Gasteiger partial charge in [-0.15, -0.1) is 0 Å². The van der Waals surface area contributed by atoms with Crippen molar-refractivity contribution in [2.75, 3.05) is 26.7 Å². The number of likely N-dealkylation sites (tertiary alicyclic amines) is 1. The van der Waals surface area contributed by atoms with E-state index in [0.717, 1.165) is 36.1 Å². The van der Waals surface area contributed by atoms with Crippen LogP contribution in [0, 0.1) is 17.2 Å². The number of nitrogens with one attached hydrogen (secondary N) is 1. The fraction of sp³-hybridized carbons (Fsp3) is 0.276. The van der Waals surface area contributed by atoms with Crippen molar-refractivity contribution in [3.63, 3.8) is 0 Å². The van der Waals surface area contributed by atoms with Crippen molar-refractivity contribution in [3.8, 4) is 22.9 Å². The second kappa shape index (κ2) is 12.0. The van der Waals surface area contributed by atoms with E-state index in [1.54, 1.807) is 29.2 Å².